The van der Waals surface area contributed by atoms with Gasteiger partial charge in [0.1, 0.15) is 8.24 Å². The standard InChI is InChI=1S/C8H24N2Si2/c1-11(2,3)8(9)7-10-12(4,5)6/h8,10H,7,9H2,1-6H3. The van der Waals surface area contributed by atoms with E-state index in [9.17, 15) is 0 Å². The monoisotopic (exact) mass is 204 g/mol. The van der Waals surface area contributed by atoms with Crippen molar-refractivity contribution in [1.82, 2.24) is 4.98 Å². The molecule has 3 N–H and O–H groups in total. The molecule has 1 atom stereocenters. The largest absolute Gasteiger partial charge is 0.336 e. The summed E-state index contributed by atoms with van der Waals surface area (Å²) in [5, 5.41) is 0. The Morgan fingerprint density at radius 2 is 1.50 bits per heavy atom. The van der Waals surface area contributed by atoms with Gasteiger partial charge in [0.15, 0.2) is 0 Å². The Balaban J connectivity index is 3.80. The summed E-state index contributed by atoms with van der Waals surface area (Å²) in [6.07, 6.45) is 0. The molecule has 0 spiro atoms. The molecule has 1 unspecified atom stereocenters. The van der Waals surface area contributed by atoms with Gasteiger partial charge < -0.3 is 10.7 Å². The Bertz CT molecular complexity index is 135. The highest BCUT2D eigenvalue weighted by molar-refractivity contribution is 6.78. The predicted molar refractivity (Wildman–Crippen MR) is 62.7 cm³/mol. The molecule has 0 aliphatic rings. The average molecular weight is 204 g/mol. The molecule has 0 aliphatic heterocycles. The summed E-state index contributed by atoms with van der Waals surface area (Å²) in [6, 6.07) is 0. The minimum absolute atomic E-state index is 0.393. The normalized spacial score (nSPS) is 16.2. The van der Waals surface area contributed by atoms with E-state index in [1.165, 1.54) is 0 Å². The molecule has 0 saturated heterocycles. The molecule has 0 aromatic carbocycles. The number of nitrogens with two attached hydrogens (primary N) is 1. The van der Waals surface area contributed by atoms with Gasteiger partial charge in [-0.3, -0.25) is 0 Å². The van der Waals surface area contributed by atoms with Crippen LogP contribution in [0.1, 0.15) is 0 Å². The molecule has 0 aromatic rings. The van der Waals surface area contributed by atoms with Gasteiger partial charge in [0.05, 0.1) is 8.07 Å². The van der Waals surface area contributed by atoms with Gasteiger partial charge in [-0.2, -0.15) is 0 Å². The SMILES string of the molecule is C[Si](C)(C)NCC(N)[Si](C)(C)C. The molecule has 4 heteroatoms. The van der Waals surface area contributed by atoms with Gasteiger partial charge in [0.25, 0.3) is 0 Å². The van der Waals surface area contributed by atoms with Crippen LogP contribution in [0.15, 0.2) is 0 Å². The molecule has 0 aliphatic carbocycles. The summed E-state index contributed by atoms with van der Waals surface area (Å²) < 4.78 is 0. The second-order valence-corrected chi connectivity index (χ2v) is 15.9. The Kier molecular flexibility index (Phi) is 4.16. The maximum Gasteiger partial charge on any atom is 0.116 e. The van der Waals surface area contributed by atoms with Crippen LogP contribution in [0.2, 0.25) is 39.3 Å². The van der Waals surface area contributed by atoms with E-state index in [2.05, 4.69) is 44.3 Å². The zero-order chi connectivity index (χ0) is 9.99. The van der Waals surface area contributed by atoms with Crippen molar-refractivity contribution in [1.29, 1.82) is 0 Å². The molecule has 0 bridgehead atoms. The molecule has 12 heavy (non-hydrogen) atoms. The smallest absolute Gasteiger partial charge is 0.116 e. The fourth-order valence-corrected chi connectivity index (χ4v) is 2.47. The van der Waals surface area contributed by atoms with E-state index in [0.29, 0.717) is 5.67 Å². The summed E-state index contributed by atoms with van der Waals surface area (Å²) in [6.45, 7) is 14.9. The highest BCUT2D eigenvalue weighted by Crippen LogP contribution is 2.05. The Hall–Kier alpha value is 0.354. The van der Waals surface area contributed by atoms with E-state index >= 15 is 0 Å². The van der Waals surface area contributed by atoms with Gasteiger partial charge in [0, 0.05) is 12.2 Å². The lowest BCUT2D eigenvalue weighted by Gasteiger charge is -2.28. The van der Waals surface area contributed by atoms with Gasteiger partial charge in [0.2, 0.25) is 0 Å². The van der Waals surface area contributed by atoms with Gasteiger partial charge in [-0.05, 0) is 0 Å². The molecule has 0 saturated carbocycles. The van der Waals surface area contributed by atoms with E-state index in [4.69, 9.17) is 5.73 Å². The average Bonchev–Trinajstić information content (AvgIpc) is 1.78. The van der Waals surface area contributed by atoms with Crippen LogP contribution < -0.4 is 10.7 Å². The van der Waals surface area contributed by atoms with Crippen LogP contribution in [0.4, 0.5) is 0 Å². The molecule has 0 rings (SSSR count). The first-order valence-corrected chi connectivity index (χ1v) is 11.7. The third-order valence-corrected chi connectivity index (χ3v) is 5.66. The van der Waals surface area contributed by atoms with Crippen LogP contribution in [0.5, 0.6) is 0 Å². The molecular weight excluding hydrogens is 180 g/mol. The van der Waals surface area contributed by atoms with E-state index < -0.39 is 16.3 Å². The van der Waals surface area contributed by atoms with E-state index in [0.717, 1.165) is 6.54 Å². The van der Waals surface area contributed by atoms with Gasteiger partial charge in [-0.15, -0.1) is 0 Å². The Labute approximate surface area is 79.0 Å². The second-order valence-electron chi connectivity index (χ2n) is 5.60. The van der Waals surface area contributed by atoms with Crippen LogP contribution >= 0.6 is 0 Å². The zero-order valence-electron chi connectivity index (χ0n) is 9.36. The van der Waals surface area contributed by atoms with E-state index in [1.807, 2.05) is 0 Å². The highest BCUT2D eigenvalue weighted by Gasteiger charge is 2.24. The maximum atomic E-state index is 6.08. The molecule has 74 valence electrons. The number of rotatable bonds is 4. The lowest BCUT2D eigenvalue weighted by Crippen LogP contribution is -2.55. The van der Waals surface area contributed by atoms with E-state index in [1.54, 1.807) is 0 Å². The molecule has 0 heterocycles. The van der Waals surface area contributed by atoms with Crippen molar-refractivity contribution in [3.8, 4) is 0 Å². The Morgan fingerprint density at radius 1 is 1.08 bits per heavy atom. The second kappa shape index (κ2) is 4.04. The Morgan fingerprint density at radius 3 is 1.75 bits per heavy atom. The van der Waals surface area contributed by atoms with Crippen molar-refractivity contribution in [3.05, 3.63) is 0 Å². The molecule has 0 fully saturated rings. The van der Waals surface area contributed by atoms with Crippen LogP contribution in [0.3, 0.4) is 0 Å². The maximum absolute atomic E-state index is 6.08. The zero-order valence-corrected chi connectivity index (χ0v) is 11.4. The lowest BCUT2D eigenvalue weighted by atomic mass is 10.7. The van der Waals surface area contributed by atoms with Crippen molar-refractivity contribution in [3.63, 3.8) is 0 Å². The third-order valence-electron chi connectivity index (χ3n) is 1.96. The minimum Gasteiger partial charge on any atom is -0.336 e. The summed E-state index contributed by atoms with van der Waals surface area (Å²) in [4.78, 5) is 3.58. The summed E-state index contributed by atoms with van der Waals surface area (Å²) >= 11 is 0. The van der Waals surface area contributed by atoms with Gasteiger partial charge in [-0.1, -0.05) is 39.3 Å². The van der Waals surface area contributed by atoms with Gasteiger partial charge >= 0.3 is 0 Å². The third kappa shape index (κ3) is 5.94. The molecule has 0 amide bonds. The lowest BCUT2D eigenvalue weighted by molar-refractivity contribution is 0.793. The van der Waals surface area contributed by atoms with Gasteiger partial charge in [-0.25, -0.2) is 0 Å². The number of nitrogens with one attached hydrogen (secondary N) is 1. The van der Waals surface area contributed by atoms with Crippen LogP contribution in [-0.4, -0.2) is 28.5 Å². The highest BCUT2D eigenvalue weighted by atomic mass is 28.3. The predicted octanol–water partition coefficient (Wildman–Crippen LogP) is 1.62. The molecular formula is C8H24N2Si2. The summed E-state index contributed by atoms with van der Waals surface area (Å²) in [5.74, 6) is 0. The van der Waals surface area contributed by atoms with Crippen molar-refractivity contribution >= 4 is 16.3 Å². The van der Waals surface area contributed by atoms with Crippen LogP contribution in [0, 0.1) is 0 Å². The molecule has 0 radical (unpaired) electrons. The first kappa shape index (κ1) is 12.4. The topological polar surface area (TPSA) is 38.0 Å². The molecule has 2 nitrogen and oxygen atoms in total. The van der Waals surface area contributed by atoms with Crippen molar-refractivity contribution < 1.29 is 0 Å². The number of hydrogen-bond acceptors (Lipinski definition) is 2. The molecule has 0 aromatic heterocycles. The first-order chi connectivity index (χ1) is 5.13. The minimum atomic E-state index is -1.12. The fraction of sp³-hybridized carbons (Fsp3) is 1.00. The summed E-state index contributed by atoms with van der Waals surface area (Å²) in [7, 11) is -2.23. The van der Waals surface area contributed by atoms with Crippen LogP contribution in [0.25, 0.3) is 0 Å². The van der Waals surface area contributed by atoms with E-state index in [-0.39, 0.29) is 0 Å². The van der Waals surface area contributed by atoms with Crippen LogP contribution in [-0.2, 0) is 0 Å². The van der Waals surface area contributed by atoms with Crippen molar-refractivity contribution in [2.45, 2.75) is 44.9 Å². The quantitative estimate of drug-likeness (QED) is 0.683. The number of hydrogen-bond donors (Lipinski definition) is 2. The fourth-order valence-electron chi connectivity index (χ4n) is 0.722. The van der Waals surface area contributed by atoms with Crippen molar-refractivity contribution in [2.24, 2.45) is 5.73 Å². The first-order valence-electron chi connectivity index (χ1n) is 4.63. The summed E-state index contributed by atoms with van der Waals surface area (Å²) in [5.41, 5.74) is 6.47. The van der Waals surface area contributed by atoms with Crippen molar-refractivity contribution in [2.75, 3.05) is 6.54 Å².